The van der Waals surface area contributed by atoms with E-state index in [2.05, 4.69) is 18.5 Å². The van der Waals surface area contributed by atoms with Crippen molar-refractivity contribution < 1.29 is 9.53 Å². The van der Waals surface area contributed by atoms with Crippen molar-refractivity contribution in [2.24, 2.45) is 0 Å². The predicted octanol–water partition coefficient (Wildman–Crippen LogP) is 2.53. The summed E-state index contributed by atoms with van der Waals surface area (Å²) in [6, 6.07) is 3.68. The van der Waals surface area contributed by atoms with Crippen LogP contribution in [0.4, 0.5) is 11.4 Å². The normalized spacial score (nSPS) is 12.0. The number of thioether (sulfide) groups is 1. The van der Waals surface area contributed by atoms with Gasteiger partial charge < -0.3 is 15.8 Å². The largest absolute Gasteiger partial charge is 0.465 e. The number of nitrogens with two attached hydrogens (primary N) is 1. The summed E-state index contributed by atoms with van der Waals surface area (Å²) >= 11 is 1.79. The average molecular weight is 268 g/mol. The second kappa shape index (κ2) is 6.54. The van der Waals surface area contributed by atoms with Gasteiger partial charge in [0.2, 0.25) is 0 Å². The van der Waals surface area contributed by atoms with Crippen LogP contribution in [0.3, 0.4) is 0 Å². The van der Waals surface area contributed by atoms with E-state index in [0.717, 1.165) is 17.8 Å². The van der Waals surface area contributed by atoms with Gasteiger partial charge in [0.15, 0.2) is 0 Å². The van der Waals surface area contributed by atoms with Gasteiger partial charge >= 0.3 is 5.97 Å². The number of hydrogen-bond donors (Lipinski definition) is 2. The number of benzene rings is 1. The fourth-order valence-electron chi connectivity index (χ4n) is 1.52. The maximum absolute atomic E-state index is 11.6. The monoisotopic (exact) mass is 268 g/mol. The van der Waals surface area contributed by atoms with E-state index in [1.807, 2.05) is 13.0 Å². The van der Waals surface area contributed by atoms with E-state index in [4.69, 9.17) is 10.5 Å². The molecule has 1 rings (SSSR count). The lowest BCUT2D eigenvalue weighted by atomic mass is 10.1. The quantitative estimate of drug-likeness (QED) is 0.634. The number of nitrogens with one attached hydrogen (secondary N) is 1. The van der Waals surface area contributed by atoms with Crippen LogP contribution >= 0.6 is 11.8 Å². The molecule has 1 aromatic carbocycles. The van der Waals surface area contributed by atoms with E-state index in [-0.39, 0.29) is 0 Å². The molecule has 0 aliphatic rings. The fraction of sp³-hybridized carbons (Fsp3) is 0.462. The Morgan fingerprint density at radius 3 is 2.78 bits per heavy atom. The zero-order chi connectivity index (χ0) is 13.7. The van der Waals surface area contributed by atoms with Gasteiger partial charge in [-0.25, -0.2) is 4.79 Å². The van der Waals surface area contributed by atoms with Crippen LogP contribution in [0.1, 0.15) is 22.8 Å². The summed E-state index contributed by atoms with van der Waals surface area (Å²) in [6.07, 6.45) is 2.07. The topological polar surface area (TPSA) is 64.3 Å². The van der Waals surface area contributed by atoms with Crippen molar-refractivity contribution in [1.82, 2.24) is 0 Å². The Morgan fingerprint density at radius 1 is 1.56 bits per heavy atom. The van der Waals surface area contributed by atoms with Crippen LogP contribution in [-0.4, -0.2) is 31.1 Å². The molecule has 0 saturated heterocycles. The van der Waals surface area contributed by atoms with E-state index in [0.29, 0.717) is 16.5 Å². The number of methoxy groups -OCH3 is 1. The summed E-state index contributed by atoms with van der Waals surface area (Å²) in [6.45, 7) is 4.86. The van der Waals surface area contributed by atoms with E-state index >= 15 is 0 Å². The summed E-state index contributed by atoms with van der Waals surface area (Å²) in [5, 5.41) is 3.80. The van der Waals surface area contributed by atoms with Gasteiger partial charge in [0.05, 0.1) is 12.7 Å². The molecular weight excluding hydrogens is 248 g/mol. The van der Waals surface area contributed by atoms with Crippen LogP contribution < -0.4 is 11.1 Å². The van der Waals surface area contributed by atoms with E-state index < -0.39 is 5.97 Å². The molecule has 18 heavy (non-hydrogen) atoms. The molecule has 1 unspecified atom stereocenters. The first-order chi connectivity index (χ1) is 8.49. The molecule has 0 aliphatic carbocycles. The Morgan fingerprint density at radius 2 is 2.22 bits per heavy atom. The number of rotatable bonds is 5. The van der Waals surface area contributed by atoms with Gasteiger partial charge in [-0.15, -0.1) is 0 Å². The third kappa shape index (κ3) is 3.57. The second-order valence-corrected chi connectivity index (χ2v) is 5.45. The minimum Gasteiger partial charge on any atom is -0.465 e. The molecule has 4 nitrogen and oxygen atoms in total. The van der Waals surface area contributed by atoms with Crippen LogP contribution in [0.2, 0.25) is 0 Å². The number of ether oxygens (including phenoxy) is 1. The van der Waals surface area contributed by atoms with Gasteiger partial charge in [0.1, 0.15) is 0 Å². The molecule has 0 aliphatic heterocycles. The van der Waals surface area contributed by atoms with E-state index in [9.17, 15) is 4.79 Å². The van der Waals surface area contributed by atoms with Crippen LogP contribution in [0.15, 0.2) is 12.1 Å². The molecule has 100 valence electrons. The number of carbonyl (C=O) groups is 1. The molecule has 0 radical (unpaired) electrons. The summed E-state index contributed by atoms with van der Waals surface area (Å²) in [5.41, 5.74) is 8.53. The van der Waals surface area contributed by atoms with Crippen molar-refractivity contribution in [1.29, 1.82) is 0 Å². The van der Waals surface area contributed by atoms with Crippen LogP contribution in [0.5, 0.6) is 0 Å². The standard InChI is InChI=1S/C13H20N2O2S/c1-8-5-10(15-7-9(2)18-4)6-11(12(8)14)13(16)17-3/h5-6,9,15H,7,14H2,1-4H3. The third-order valence-corrected chi connectivity index (χ3v) is 3.76. The number of anilines is 2. The van der Waals surface area contributed by atoms with E-state index in [1.54, 1.807) is 17.8 Å². The van der Waals surface area contributed by atoms with Gasteiger partial charge in [0.25, 0.3) is 0 Å². The molecule has 1 atom stereocenters. The summed E-state index contributed by atoms with van der Waals surface area (Å²) in [5.74, 6) is -0.405. The first kappa shape index (κ1) is 14.7. The minimum atomic E-state index is -0.405. The number of aryl methyl sites for hydroxylation is 1. The van der Waals surface area contributed by atoms with Crippen LogP contribution in [0.25, 0.3) is 0 Å². The van der Waals surface area contributed by atoms with Gasteiger partial charge in [-0.3, -0.25) is 0 Å². The van der Waals surface area contributed by atoms with Gasteiger partial charge in [0, 0.05) is 23.2 Å². The molecule has 0 saturated carbocycles. The molecule has 0 heterocycles. The molecule has 0 amide bonds. The highest BCUT2D eigenvalue weighted by Crippen LogP contribution is 2.23. The Kier molecular flexibility index (Phi) is 5.34. The van der Waals surface area contributed by atoms with E-state index in [1.165, 1.54) is 7.11 Å². The molecule has 0 spiro atoms. The number of nitrogen functional groups attached to an aromatic ring is 1. The molecule has 3 N–H and O–H groups in total. The molecule has 5 heteroatoms. The van der Waals surface area contributed by atoms with Crippen molar-refractivity contribution in [3.8, 4) is 0 Å². The van der Waals surface area contributed by atoms with Crippen LogP contribution in [-0.2, 0) is 4.74 Å². The summed E-state index contributed by atoms with van der Waals surface area (Å²) in [4.78, 5) is 11.6. The zero-order valence-corrected chi connectivity index (χ0v) is 12.1. The Hall–Kier alpha value is -1.36. The van der Waals surface area contributed by atoms with Gasteiger partial charge in [-0.1, -0.05) is 6.92 Å². The number of hydrogen-bond acceptors (Lipinski definition) is 5. The second-order valence-electron chi connectivity index (χ2n) is 4.17. The highest BCUT2D eigenvalue weighted by atomic mass is 32.2. The zero-order valence-electron chi connectivity index (χ0n) is 11.2. The van der Waals surface area contributed by atoms with Gasteiger partial charge in [-0.2, -0.15) is 11.8 Å². The minimum absolute atomic E-state index is 0.405. The first-order valence-corrected chi connectivity index (χ1v) is 7.03. The predicted molar refractivity (Wildman–Crippen MR) is 78.4 cm³/mol. The maximum Gasteiger partial charge on any atom is 0.340 e. The Labute approximate surface area is 112 Å². The fourth-order valence-corrected chi connectivity index (χ4v) is 1.77. The summed E-state index contributed by atoms with van der Waals surface area (Å²) in [7, 11) is 1.35. The maximum atomic E-state index is 11.6. The SMILES string of the molecule is COC(=O)c1cc(NCC(C)SC)cc(C)c1N. The first-order valence-electron chi connectivity index (χ1n) is 5.74. The van der Waals surface area contributed by atoms with Crippen molar-refractivity contribution in [2.75, 3.05) is 31.0 Å². The molecule has 1 aromatic rings. The Bertz CT molecular complexity index is 435. The molecule has 0 fully saturated rings. The van der Waals surface area contributed by atoms with Gasteiger partial charge in [-0.05, 0) is 30.9 Å². The molecule has 0 bridgehead atoms. The third-order valence-electron chi connectivity index (χ3n) is 2.79. The average Bonchev–Trinajstić information content (AvgIpc) is 2.38. The van der Waals surface area contributed by atoms with Crippen molar-refractivity contribution in [3.05, 3.63) is 23.3 Å². The van der Waals surface area contributed by atoms with Crippen LogP contribution in [0, 0.1) is 6.92 Å². The Balaban J connectivity index is 2.94. The lowest BCUT2D eigenvalue weighted by Crippen LogP contribution is -2.14. The smallest absolute Gasteiger partial charge is 0.340 e. The molecule has 0 aromatic heterocycles. The highest BCUT2D eigenvalue weighted by molar-refractivity contribution is 7.99. The highest BCUT2D eigenvalue weighted by Gasteiger charge is 2.13. The lowest BCUT2D eigenvalue weighted by molar-refractivity contribution is 0.0602. The summed E-state index contributed by atoms with van der Waals surface area (Å²) < 4.78 is 4.72. The number of carbonyl (C=O) groups excluding carboxylic acids is 1. The lowest BCUT2D eigenvalue weighted by Gasteiger charge is -2.14. The van der Waals surface area contributed by atoms with Crippen molar-refractivity contribution in [3.63, 3.8) is 0 Å². The molecular formula is C13H20N2O2S. The van der Waals surface area contributed by atoms with Crippen molar-refractivity contribution >= 4 is 29.1 Å². The number of esters is 1. The van der Waals surface area contributed by atoms with Crippen molar-refractivity contribution in [2.45, 2.75) is 19.1 Å².